The van der Waals surface area contributed by atoms with Gasteiger partial charge in [-0.3, -0.25) is 14.6 Å². The number of nitrogens with zero attached hydrogens (tertiary/aromatic N) is 2. The predicted molar refractivity (Wildman–Crippen MR) is 114 cm³/mol. The van der Waals surface area contributed by atoms with Gasteiger partial charge in [-0.25, -0.2) is 0 Å². The van der Waals surface area contributed by atoms with Gasteiger partial charge in [0.2, 0.25) is 11.8 Å². The van der Waals surface area contributed by atoms with Gasteiger partial charge in [0.15, 0.2) is 0 Å². The van der Waals surface area contributed by atoms with Crippen molar-refractivity contribution in [1.82, 2.24) is 9.88 Å². The molecule has 2 aromatic rings. The van der Waals surface area contributed by atoms with Gasteiger partial charge in [0.25, 0.3) is 0 Å². The summed E-state index contributed by atoms with van der Waals surface area (Å²) in [5, 5.41) is 2.29. The molecule has 2 N–H and O–H groups in total. The van der Waals surface area contributed by atoms with Crippen LogP contribution in [0.2, 0.25) is 0 Å². The van der Waals surface area contributed by atoms with Crippen LogP contribution in [-0.2, 0) is 9.59 Å². The van der Waals surface area contributed by atoms with E-state index in [0.717, 1.165) is 37.5 Å². The molecule has 156 valence electrons. The van der Waals surface area contributed by atoms with Gasteiger partial charge in [0.05, 0.1) is 11.5 Å². The second-order valence-electron chi connectivity index (χ2n) is 10.9. The zero-order chi connectivity index (χ0) is 20.8. The van der Waals surface area contributed by atoms with E-state index in [0.29, 0.717) is 17.8 Å². The summed E-state index contributed by atoms with van der Waals surface area (Å²) in [5.74, 6) is 1.52. The first-order valence-electron chi connectivity index (χ1n) is 11.3. The van der Waals surface area contributed by atoms with E-state index in [2.05, 4.69) is 48.0 Å². The maximum absolute atomic E-state index is 13.5. The Kier molecular flexibility index (Phi) is 3.57. The van der Waals surface area contributed by atoms with Gasteiger partial charge < -0.3 is 10.6 Å². The number of benzene rings is 1. The van der Waals surface area contributed by atoms with Crippen LogP contribution in [0.5, 0.6) is 0 Å². The third-order valence-electron chi connectivity index (χ3n) is 8.82. The number of β-lactam (4-membered cyclic amide) rings is 1. The molecule has 5 fully saturated rings. The highest BCUT2D eigenvalue weighted by molar-refractivity contribution is 5.94. The molecule has 4 bridgehead atoms. The summed E-state index contributed by atoms with van der Waals surface area (Å²) >= 11 is 0. The second-order valence-corrected chi connectivity index (χ2v) is 10.9. The predicted octanol–water partition coefficient (Wildman–Crippen LogP) is 3.82. The van der Waals surface area contributed by atoms with Crippen LogP contribution in [0.4, 0.5) is 0 Å². The molecule has 2 amide bonds. The van der Waals surface area contributed by atoms with Gasteiger partial charge in [-0.15, -0.1) is 0 Å². The Hall–Kier alpha value is -2.43. The number of aromatic nitrogens is 1. The van der Waals surface area contributed by atoms with Crippen molar-refractivity contribution in [3.63, 3.8) is 0 Å². The second kappa shape index (κ2) is 5.83. The number of fused-ring (bicyclic) bond motifs is 1. The normalized spacial score (nSPS) is 38.7. The fraction of sp³-hybridized carbons (Fsp3) is 0.560. The number of carbonyl (C=O) groups excluding carboxylic acids is 2. The van der Waals surface area contributed by atoms with E-state index in [1.807, 2.05) is 12.4 Å². The van der Waals surface area contributed by atoms with Crippen LogP contribution in [0, 0.1) is 28.6 Å². The molecule has 1 saturated heterocycles. The molecule has 1 aliphatic heterocycles. The van der Waals surface area contributed by atoms with Crippen LogP contribution < -0.4 is 5.73 Å². The molecule has 5 nitrogen and oxygen atoms in total. The van der Waals surface area contributed by atoms with Crippen molar-refractivity contribution in [2.75, 3.05) is 0 Å². The Balaban J connectivity index is 1.42. The highest BCUT2D eigenvalue weighted by Crippen LogP contribution is 2.64. The quantitative estimate of drug-likeness (QED) is 0.792. The van der Waals surface area contributed by atoms with E-state index in [1.54, 1.807) is 0 Å². The van der Waals surface area contributed by atoms with E-state index in [9.17, 15) is 9.59 Å². The lowest BCUT2D eigenvalue weighted by Crippen LogP contribution is -2.71. The molecular weight excluding hydrogens is 374 g/mol. The van der Waals surface area contributed by atoms with Crippen molar-refractivity contribution >= 4 is 22.6 Å². The molecule has 4 aliphatic carbocycles. The molecule has 3 atom stereocenters. The van der Waals surface area contributed by atoms with Gasteiger partial charge in [0.1, 0.15) is 0 Å². The van der Waals surface area contributed by atoms with Gasteiger partial charge in [-0.1, -0.05) is 18.2 Å². The molecule has 0 spiro atoms. The van der Waals surface area contributed by atoms with Crippen molar-refractivity contribution in [1.29, 1.82) is 0 Å². The summed E-state index contributed by atoms with van der Waals surface area (Å²) in [5.41, 5.74) is 6.36. The Morgan fingerprint density at radius 3 is 2.57 bits per heavy atom. The van der Waals surface area contributed by atoms with Crippen LogP contribution in [0.25, 0.3) is 10.8 Å². The van der Waals surface area contributed by atoms with Crippen LogP contribution >= 0.6 is 0 Å². The van der Waals surface area contributed by atoms with Crippen LogP contribution in [0.1, 0.15) is 57.6 Å². The SMILES string of the molecule is CC1(C)C(=O)N(C2C3CC4CC2CC(C(N)=O)(C4)C3)C1c1cccc2cnccc12. The first kappa shape index (κ1) is 18.3. The van der Waals surface area contributed by atoms with E-state index in [4.69, 9.17) is 5.73 Å². The van der Waals surface area contributed by atoms with Crippen molar-refractivity contribution < 1.29 is 9.59 Å². The number of amides is 2. The van der Waals surface area contributed by atoms with E-state index < -0.39 is 5.41 Å². The number of hydrogen-bond acceptors (Lipinski definition) is 3. The van der Waals surface area contributed by atoms with Crippen LogP contribution in [-0.4, -0.2) is 27.7 Å². The monoisotopic (exact) mass is 403 g/mol. The minimum absolute atomic E-state index is 0.0585. The third kappa shape index (κ3) is 2.21. The lowest BCUT2D eigenvalue weighted by Gasteiger charge is -2.66. The number of carbonyl (C=O) groups is 2. The minimum Gasteiger partial charge on any atom is -0.369 e. The van der Waals surface area contributed by atoms with Crippen molar-refractivity contribution in [3.8, 4) is 0 Å². The first-order valence-corrected chi connectivity index (χ1v) is 11.3. The average molecular weight is 404 g/mol. The summed E-state index contributed by atoms with van der Waals surface area (Å²) in [6, 6.07) is 8.70. The Morgan fingerprint density at radius 1 is 1.13 bits per heavy atom. The third-order valence-corrected chi connectivity index (χ3v) is 8.82. The molecule has 7 rings (SSSR count). The molecule has 5 heteroatoms. The van der Waals surface area contributed by atoms with Crippen molar-refractivity contribution in [3.05, 3.63) is 42.2 Å². The fourth-order valence-corrected chi connectivity index (χ4v) is 7.83. The zero-order valence-electron chi connectivity index (χ0n) is 17.7. The molecular formula is C25H29N3O2. The van der Waals surface area contributed by atoms with Gasteiger partial charge >= 0.3 is 0 Å². The lowest BCUT2D eigenvalue weighted by molar-refractivity contribution is -0.198. The summed E-state index contributed by atoms with van der Waals surface area (Å²) in [7, 11) is 0. The van der Waals surface area contributed by atoms with E-state index in [-0.39, 0.29) is 29.3 Å². The Bertz CT molecular complexity index is 1060. The molecule has 1 aromatic heterocycles. The maximum Gasteiger partial charge on any atom is 0.231 e. The number of primary amides is 1. The average Bonchev–Trinajstić information content (AvgIpc) is 2.71. The molecule has 0 radical (unpaired) electrons. The number of pyridine rings is 1. The molecule has 2 heterocycles. The number of likely N-dealkylation sites (tertiary alicyclic amines) is 1. The molecule has 1 aromatic carbocycles. The van der Waals surface area contributed by atoms with Crippen molar-refractivity contribution in [2.45, 2.75) is 58.0 Å². The molecule has 3 unspecified atom stereocenters. The molecule has 4 saturated carbocycles. The molecule has 5 aliphatic rings. The summed E-state index contributed by atoms with van der Waals surface area (Å²) < 4.78 is 0. The summed E-state index contributed by atoms with van der Waals surface area (Å²) in [4.78, 5) is 32.3. The number of nitrogens with two attached hydrogens (primary N) is 1. The maximum atomic E-state index is 13.5. The Morgan fingerprint density at radius 2 is 1.87 bits per heavy atom. The zero-order valence-corrected chi connectivity index (χ0v) is 17.7. The van der Waals surface area contributed by atoms with Crippen LogP contribution in [0.3, 0.4) is 0 Å². The Labute approximate surface area is 177 Å². The lowest BCUT2D eigenvalue weighted by atomic mass is 9.46. The van der Waals surface area contributed by atoms with Gasteiger partial charge in [-0.05, 0) is 80.7 Å². The summed E-state index contributed by atoms with van der Waals surface area (Å²) in [6.07, 6.45) is 8.67. The van der Waals surface area contributed by atoms with Crippen LogP contribution in [0.15, 0.2) is 36.7 Å². The van der Waals surface area contributed by atoms with Gasteiger partial charge in [-0.2, -0.15) is 0 Å². The summed E-state index contributed by atoms with van der Waals surface area (Å²) in [6.45, 7) is 4.16. The minimum atomic E-state index is -0.423. The number of hydrogen-bond donors (Lipinski definition) is 1. The molecule has 30 heavy (non-hydrogen) atoms. The van der Waals surface area contributed by atoms with E-state index in [1.165, 1.54) is 10.9 Å². The fourth-order valence-electron chi connectivity index (χ4n) is 7.83. The number of rotatable bonds is 3. The van der Waals surface area contributed by atoms with Gasteiger partial charge in [0, 0.05) is 29.2 Å². The highest BCUT2D eigenvalue weighted by Gasteiger charge is 2.65. The standard InChI is InChI=1S/C25H29N3O2/c1-24(2)21(19-5-3-4-15-13-27-7-6-18(15)19)28(23(24)30)20-16-8-14-9-17(20)12-25(10-14,11-16)22(26)29/h3-7,13-14,16-17,20-21H,8-12H2,1-2H3,(H2,26,29). The van der Waals surface area contributed by atoms with Crippen molar-refractivity contribution in [2.24, 2.45) is 34.3 Å². The largest absolute Gasteiger partial charge is 0.369 e. The smallest absolute Gasteiger partial charge is 0.231 e. The topological polar surface area (TPSA) is 76.3 Å². The highest BCUT2D eigenvalue weighted by atomic mass is 16.2. The van der Waals surface area contributed by atoms with E-state index >= 15 is 0 Å². The first-order chi connectivity index (χ1) is 14.3.